The quantitative estimate of drug-likeness (QED) is 0.300. The largest absolute Gasteiger partial charge is 0.271 e. The number of thiophene rings is 1. The average molecular weight is 423 g/mol. The number of hydrogen-bond acceptors (Lipinski definition) is 4. The van der Waals surface area contributed by atoms with Gasteiger partial charge in [0.1, 0.15) is 5.69 Å². The van der Waals surface area contributed by atoms with Crippen LogP contribution in [0.1, 0.15) is 15.9 Å². The molecule has 0 saturated carbocycles. The lowest BCUT2D eigenvalue weighted by molar-refractivity contribution is 0.0955. The van der Waals surface area contributed by atoms with E-state index in [1.807, 2.05) is 95.1 Å². The van der Waals surface area contributed by atoms with Crippen molar-refractivity contribution in [2.45, 2.75) is 0 Å². The van der Waals surface area contributed by atoms with E-state index in [4.69, 9.17) is 5.10 Å². The fourth-order valence-corrected chi connectivity index (χ4v) is 4.09. The number of amides is 1. The molecule has 5 aromatic rings. The molecule has 1 N–H and O–H groups in total. The Hall–Kier alpha value is -4.03. The monoisotopic (exact) mass is 422 g/mol. The second kappa shape index (κ2) is 8.38. The minimum absolute atomic E-state index is 0.255. The number of rotatable bonds is 5. The molecule has 31 heavy (non-hydrogen) atoms. The van der Waals surface area contributed by atoms with E-state index in [0.717, 1.165) is 32.6 Å². The molecule has 6 heteroatoms. The summed E-state index contributed by atoms with van der Waals surface area (Å²) in [5.41, 5.74) is 5.80. The highest BCUT2D eigenvalue weighted by Crippen LogP contribution is 2.26. The van der Waals surface area contributed by atoms with Gasteiger partial charge in [-0.1, -0.05) is 54.6 Å². The van der Waals surface area contributed by atoms with Gasteiger partial charge in [0.25, 0.3) is 5.91 Å². The minimum atomic E-state index is -0.255. The van der Waals surface area contributed by atoms with Crippen LogP contribution in [0, 0.1) is 0 Å². The van der Waals surface area contributed by atoms with Gasteiger partial charge in [0.15, 0.2) is 0 Å². The van der Waals surface area contributed by atoms with Gasteiger partial charge in [0.05, 0.1) is 16.8 Å². The molecule has 0 aliphatic rings. The minimum Gasteiger partial charge on any atom is -0.267 e. The molecule has 0 atom stereocenters. The van der Waals surface area contributed by atoms with Crippen LogP contribution in [0.5, 0.6) is 0 Å². The number of carbonyl (C=O) groups excluding carboxylic acids is 1. The molecule has 150 valence electrons. The zero-order chi connectivity index (χ0) is 21.0. The van der Waals surface area contributed by atoms with E-state index in [9.17, 15) is 4.79 Å². The number of fused-ring (bicyclic) bond motifs is 1. The first kappa shape index (κ1) is 19.0. The lowest BCUT2D eigenvalue weighted by atomic mass is 10.1. The third-order valence-electron chi connectivity index (χ3n) is 4.90. The maximum atomic E-state index is 12.6. The highest BCUT2D eigenvalue weighted by Gasteiger charge is 2.12. The molecule has 2 aromatic heterocycles. The SMILES string of the molecule is O=C(N/N=C\c1cn(-c2ccccc2)nc1-c1cccs1)c1ccc2ccccc2c1. The van der Waals surface area contributed by atoms with Crippen molar-refractivity contribution in [2.75, 3.05) is 0 Å². The summed E-state index contributed by atoms with van der Waals surface area (Å²) < 4.78 is 1.82. The van der Waals surface area contributed by atoms with Gasteiger partial charge in [-0.05, 0) is 46.5 Å². The topological polar surface area (TPSA) is 59.3 Å². The molecule has 0 aliphatic heterocycles. The molecule has 0 radical (unpaired) electrons. The second-order valence-electron chi connectivity index (χ2n) is 6.95. The first-order valence-electron chi connectivity index (χ1n) is 9.79. The van der Waals surface area contributed by atoms with Gasteiger partial charge in [-0.25, -0.2) is 10.1 Å². The molecule has 0 saturated heterocycles. The molecule has 0 spiro atoms. The molecular formula is C25H18N4OS. The Kier molecular flexibility index (Phi) is 5.12. The predicted molar refractivity (Wildman–Crippen MR) is 126 cm³/mol. The van der Waals surface area contributed by atoms with Crippen LogP contribution < -0.4 is 5.43 Å². The highest BCUT2D eigenvalue weighted by molar-refractivity contribution is 7.13. The van der Waals surface area contributed by atoms with Gasteiger partial charge in [0, 0.05) is 17.3 Å². The number of benzene rings is 3. The summed E-state index contributed by atoms with van der Waals surface area (Å²) in [6.07, 6.45) is 3.55. The Balaban J connectivity index is 1.40. The van der Waals surface area contributed by atoms with Gasteiger partial charge in [-0.15, -0.1) is 11.3 Å². The normalized spacial score (nSPS) is 11.2. The molecule has 0 bridgehead atoms. The summed E-state index contributed by atoms with van der Waals surface area (Å²) in [7, 11) is 0. The number of para-hydroxylation sites is 1. The molecule has 3 aromatic carbocycles. The molecule has 5 rings (SSSR count). The zero-order valence-electron chi connectivity index (χ0n) is 16.5. The highest BCUT2D eigenvalue weighted by atomic mass is 32.1. The van der Waals surface area contributed by atoms with Crippen molar-refractivity contribution in [3.63, 3.8) is 0 Å². The van der Waals surface area contributed by atoms with Gasteiger partial charge in [-0.3, -0.25) is 4.79 Å². The van der Waals surface area contributed by atoms with E-state index in [2.05, 4.69) is 10.5 Å². The number of carbonyl (C=O) groups is 1. The van der Waals surface area contributed by atoms with Crippen molar-refractivity contribution in [3.8, 4) is 16.3 Å². The molecule has 5 nitrogen and oxygen atoms in total. The van der Waals surface area contributed by atoms with E-state index in [0.29, 0.717) is 5.56 Å². The number of hydrazone groups is 1. The lowest BCUT2D eigenvalue weighted by Gasteiger charge is -2.02. The first-order chi connectivity index (χ1) is 15.3. The van der Waals surface area contributed by atoms with Gasteiger partial charge in [-0.2, -0.15) is 10.2 Å². The second-order valence-corrected chi connectivity index (χ2v) is 7.90. The molecule has 0 fully saturated rings. The van der Waals surface area contributed by atoms with Crippen molar-refractivity contribution in [3.05, 3.63) is 108 Å². The smallest absolute Gasteiger partial charge is 0.267 e. The Labute approximate surface area is 183 Å². The number of aromatic nitrogens is 2. The van der Waals surface area contributed by atoms with Crippen LogP contribution in [0.4, 0.5) is 0 Å². The molecular weight excluding hydrogens is 404 g/mol. The third kappa shape index (κ3) is 4.01. The van der Waals surface area contributed by atoms with Crippen molar-refractivity contribution < 1.29 is 4.79 Å². The summed E-state index contributed by atoms with van der Waals surface area (Å²) in [6.45, 7) is 0. The van der Waals surface area contributed by atoms with Crippen LogP contribution in [0.3, 0.4) is 0 Å². The maximum absolute atomic E-state index is 12.6. The van der Waals surface area contributed by atoms with Crippen LogP contribution in [-0.2, 0) is 0 Å². The number of nitrogens with one attached hydrogen (secondary N) is 1. The Bertz CT molecular complexity index is 1370. The summed E-state index contributed by atoms with van der Waals surface area (Å²) in [5.74, 6) is -0.255. The first-order valence-corrected chi connectivity index (χ1v) is 10.7. The number of hydrogen-bond donors (Lipinski definition) is 1. The predicted octanol–water partition coefficient (Wildman–Crippen LogP) is 5.52. The van der Waals surface area contributed by atoms with E-state index in [1.165, 1.54) is 0 Å². The zero-order valence-corrected chi connectivity index (χ0v) is 17.3. The van der Waals surface area contributed by atoms with Crippen LogP contribution in [0.15, 0.2) is 102 Å². The summed E-state index contributed by atoms with van der Waals surface area (Å²) >= 11 is 1.61. The van der Waals surface area contributed by atoms with E-state index in [1.54, 1.807) is 23.6 Å². The van der Waals surface area contributed by atoms with Gasteiger partial charge < -0.3 is 0 Å². The molecule has 0 unspecified atom stereocenters. The van der Waals surface area contributed by atoms with Crippen LogP contribution in [0.25, 0.3) is 27.0 Å². The standard InChI is InChI=1S/C25H18N4OS/c30-25(20-13-12-18-7-4-5-8-19(18)15-20)27-26-16-21-17-29(22-9-2-1-3-10-22)28-24(21)23-11-6-14-31-23/h1-17H,(H,27,30)/b26-16-. The fraction of sp³-hybridized carbons (Fsp3) is 0. The van der Waals surface area contributed by atoms with E-state index >= 15 is 0 Å². The van der Waals surface area contributed by atoms with Crippen LogP contribution in [-0.4, -0.2) is 21.9 Å². The lowest BCUT2D eigenvalue weighted by Crippen LogP contribution is -2.17. The van der Waals surface area contributed by atoms with Crippen molar-refractivity contribution in [1.29, 1.82) is 0 Å². The van der Waals surface area contributed by atoms with Crippen LogP contribution >= 0.6 is 11.3 Å². The third-order valence-corrected chi connectivity index (χ3v) is 5.78. The van der Waals surface area contributed by atoms with Crippen LogP contribution in [0.2, 0.25) is 0 Å². The summed E-state index contributed by atoms with van der Waals surface area (Å²) in [5, 5.41) is 13.1. The maximum Gasteiger partial charge on any atom is 0.271 e. The Morgan fingerprint density at radius 3 is 2.55 bits per heavy atom. The number of nitrogens with zero attached hydrogens (tertiary/aromatic N) is 3. The summed E-state index contributed by atoms with van der Waals surface area (Å²) in [4.78, 5) is 13.6. The van der Waals surface area contributed by atoms with Crippen molar-refractivity contribution >= 4 is 34.2 Å². The van der Waals surface area contributed by atoms with Crippen molar-refractivity contribution in [1.82, 2.24) is 15.2 Å². The Morgan fingerprint density at radius 1 is 0.935 bits per heavy atom. The average Bonchev–Trinajstić information content (AvgIpc) is 3.49. The van der Waals surface area contributed by atoms with E-state index < -0.39 is 0 Å². The molecule has 1 amide bonds. The Morgan fingerprint density at radius 2 is 1.74 bits per heavy atom. The molecule has 2 heterocycles. The van der Waals surface area contributed by atoms with Gasteiger partial charge in [0.2, 0.25) is 0 Å². The summed E-state index contributed by atoms with van der Waals surface area (Å²) in [6, 6.07) is 27.5. The molecule has 0 aliphatic carbocycles. The fourth-order valence-electron chi connectivity index (χ4n) is 3.36. The van der Waals surface area contributed by atoms with Crippen molar-refractivity contribution in [2.24, 2.45) is 5.10 Å². The van der Waals surface area contributed by atoms with Gasteiger partial charge >= 0.3 is 0 Å². The van der Waals surface area contributed by atoms with E-state index in [-0.39, 0.29) is 5.91 Å².